The zero-order valence-corrected chi connectivity index (χ0v) is 23.9. The Kier molecular flexibility index (Phi) is 5.99. The van der Waals surface area contributed by atoms with Gasteiger partial charge in [0.2, 0.25) is 0 Å². The highest BCUT2D eigenvalue weighted by Crippen LogP contribution is 2.45. The van der Waals surface area contributed by atoms with Crippen molar-refractivity contribution in [2.75, 3.05) is 0 Å². The minimum atomic E-state index is -1.47. The van der Waals surface area contributed by atoms with E-state index in [0.29, 0.717) is 0 Å². The lowest BCUT2D eigenvalue weighted by Gasteiger charge is -2.25. The topological polar surface area (TPSA) is 0 Å². The summed E-state index contributed by atoms with van der Waals surface area (Å²) in [5, 5.41) is 3.13. The molecule has 0 bridgehead atoms. The van der Waals surface area contributed by atoms with Crippen LogP contribution in [-0.2, 0) is 0 Å². The average molecular weight is 468 g/mol. The quantitative estimate of drug-likeness (QED) is 0.340. The van der Waals surface area contributed by atoms with Crippen LogP contribution in [0.15, 0.2) is 66.2 Å². The molecule has 1 radical (unpaired) electrons. The summed E-state index contributed by atoms with van der Waals surface area (Å²) in [4.78, 5) is 0. The second-order valence-corrected chi connectivity index (χ2v) is 22.8. The highest BCUT2D eigenvalue weighted by atomic mass is 28.3. The van der Waals surface area contributed by atoms with Crippen molar-refractivity contribution < 1.29 is 0 Å². The molecule has 3 aromatic carbocycles. The van der Waals surface area contributed by atoms with Gasteiger partial charge in [0.05, 0.1) is 16.1 Å². The van der Waals surface area contributed by atoms with Gasteiger partial charge in [0, 0.05) is 6.42 Å². The zero-order valence-electron chi connectivity index (χ0n) is 21.9. The predicted molar refractivity (Wildman–Crippen MR) is 154 cm³/mol. The van der Waals surface area contributed by atoms with E-state index in [2.05, 4.69) is 133 Å². The van der Waals surface area contributed by atoms with Gasteiger partial charge in [-0.2, -0.15) is 0 Å². The maximum absolute atomic E-state index is 2.54. The van der Waals surface area contributed by atoms with Crippen LogP contribution in [0.5, 0.6) is 0 Å². The van der Waals surface area contributed by atoms with Gasteiger partial charge in [0.15, 0.2) is 0 Å². The van der Waals surface area contributed by atoms with E-state index in [9.17, 15) is 0 Å². The summed E-state index contributed by atoms with van der Waals surface area (Å²) in [5.41, 5.74) is 9.70. The predicted octanol–water partition coefficient (Wildman–Crippen LogP) is 8.11. The van der Waals surface area contributed by atoms with E-state index in [-0.39, 0.29) is 5.41 Å². The minimum Gasteiger partial charge on any atom is -0.0656 e. The molecule has 0 saturated heterocycles. The molecule has 2 heteroatoms. The zero-order chi connectivity index (χ0) is 24.2. The van der Waals surface area contributed by atoms with Gasteiger partial charge in [-0.15, -0.1) is 0 Å². The van der Waals surface area contributed by atoms with E-state index in [4.69, 9.17) is 0 Å². The Labute approximate surface area is 203 Å². The molecule has 4 rings (SSSR count). The number of hydrogen-bond donors (Lipinski definition) is 0. The summed E-state index contributed by atoms with van der Waals surface area (Å²) < 4.78 is 0. The Bertz CT molecular complexity index is 1180. The molecule has 3 aromatic rings. The fraction of sp³-hybridized carbons (Fsp3) is 0.323. The van der Waals surface area contributed by atoms with Gasteiger partial charge in [-0.05, 0) is 38.8 Å². The third kappa shape index (κ3) is 4.88. The monoisotopic (exact) mass is 467 g/mol. The molecule has 1 aliphatic carbocycles. The average Bonchev–Trinajstić information content (AvgIpc) is 3.17. The van der Waals surface area contributed by atoms with Crippen LogP contribution in [0.3, 0.4) is 0 Å². The number of allylic oxidation sites excluding steroid dienone is 1. The molecule has 0 heterocycles. The molecule has 0 nitrogen and oxygen atoms in total. The Morgan fingerprint density at radius 1 is 0.636 bits per heavy atom. The van der Waals surface area contributed by atoms with Crippen molar-refractivity contribution in [3.63, 3.8) is 0 Å². The lowest BCUT2D eigenvalue weighted by atomic mass is 9.85. The molecule has 0 N–H and O–H groups in total. The van der Waals surface area contributed by atoms with Crippen molar-refractivity contribution in [1.82, 2.24) is 0 Å². The first-order valence-corrected chi connectivity index (χ1v) is 19.2. The number of rotatable bonds is 4. The van der Waals surface area contributed by atoms with Crippen LogP contribution in [0.1, 0.15) is 31.9 Å². The molecular formula is C31H39Si2. The van der Waals surface area contributed by atoms with E-state index in [0.717, 1.165) is 0 Å². The van der Waals surface area contributed by atoms with Crippen LogP contribution in [0, 0.1) is 11.8 Å². The highest BCUT2D eigenvalue weighted by Gasteiger charge is 2.28. The van der Waals surface area contributed by atoms with Crippen molar-refractivity contribution in [2.45, 2.75) is 60.1 Å². The van der Waals surface area contributed by atoms with Gasteiger partial charge >= 0.3 is 0 Å². The Hall–Kier alpha value is -2.17. The first-order valence-electron chi connectivity index (χ1n) is 12.2. The summed E-state index contributed by atoms with van der Waals surface area (Å²) in [6.45, 7) is 21.8. The molecule has 1 aliphatic rings. The molecular weight excluding hydrogens is 429 g/mol. The van der Waals surface area contributed by atoms with Crippen LogP contribution < -0.4 is 10.4 Å². The van der Waals surface area contributed by atoms with Gasteiger partial charge in [0.1, 0.15) is 0 Å². The van der Waals surface area contributed by atoms with E-state index >= 15 is 0 Å². The van der Waals surface area contributed by atoms with E-state index in [1.165, 1.54) is 39.0 Å². The van der Waals surface area contributed by atoms with Crippen LogP contribution >= 0.6 is 0 Å². The molecule has 0 atom stereocenters. The standard InChI is InChI=1S/C31H39Si2/c1-31(2,3)25-17-23-15-16-28(22-13-11-10-12-14-22)30(29(23)20-25)24-18-26(32(4,5)6)21-27(19-24)33(7,8)9/h10-21H,1-9H3. The van der Waals surface area contributed by atoms with Gasteiger partial charge < -0.3 is 0 Å². The van der Waals surface area contributed by atoms with Crippen LogP contribution in [-0.4, -0.2) is 16.1 Å². The molecule has 0 saturated carbocycles. The first kappa shape index (κ1) is 24.0. The van der Waals surface area contributed by atoms with Crippen molar-refractivity contribution in [1.29, 1.82) is 0 Å². The van der Waals surface area contributed by atoms with Crippen LogP contribution in [0.25, 0.3) is 28.3 Å². The molecule has 0 spiro atoms. The first-order chi connectivity index (χ1) is 15.2. The van der Waals surface area contributed by atoms with Crippen LogP contribution in [0.2, 0.25) is 39.3 Å². The molecule has 0 unspecified atom stereocenters. The number of benzene rings is 3. The lowest BCUT2D eigenvalue weighted by molar-refractivity contribution is 0.516. The number of hydrogen-bond acceptors (Lipinski definition) is 0. The molecule has 0 fully saturated rings. The maximum atomic E-state index is 2.54. The summed E-state index contributed by atoms with van der Waals surface area (Å²) >= 11 is 0. The summed E-state index contributed by atoms with van der Waals surface area (Å²) in [7, 11) is -2.95. The maximum Gasteiger partial charge on any atom is 0.0776 e. The fourth-order valence-corrected chi connectivity index (χ4v) is 7.02. The van der Waals surface area contributed by atoms with Crippen molar-refractivity contribution in [3.05, 3.63) is 83.8 Å². The molecule has 171 valence electrons. The second-order valence-electron chi connectivity index (χ2n) is 12.7. The van der Waals surface area contributed by atoms with E-state index in [1.54, 1.807) is 10.4 Å². The lowest BCUT2D eigenvalue weighted by Crippen LogP contribution is -2.45. The molecule has 33 heavy (non-hydrogen) atoms. The third-order valence-corrected chi connectivity index (χ3v) is 10.8. The SMILES string of the molecule is CC(C)(C)C1=Cc2c(ccc(-c3ccccc3)c2-c2cc([Si](C)(C)C)cc([Si](C)(C)C)c2)[CH]1. The summed E-state index contributed by atoms with van der Waals surface area (Å²) in [5.74, 6) is 0. The third-order valence-electron chi connectivity index (χ3n) is 6.79. The van der Waals surface area contributed by atoms with Gasteiger partial charge in [-0.25, -0.2) is 0 Å². The molecule has 0 amide bonds. The Morgan fingerprint density at radius 2 is 1.21 bits per heavy atom. The molecule has 0 aliphatic heterocycles. The highest BCUT2D eigenvalue weighted by molar-refractivity contribution is 6.91. The fourth-order valence-electron chi connectivity index (χ4n) is 4.52. The second kappa shape index (κ2) is 8.25. The van der Waals surface area contributed by atoms with E-state index in [1.807, 2.05) is 0 Å². The Balaban J connectivity index is 2.07. The summed E-state index contributed by atoms with van der Waals surface area (Å²) in [6.07, 6.45) is 4.85. The molecule has 0 aromatic heterocycles. The Morgan fingerprint density at radius 3 is 1.73 bits per heavy atom. The van der Waals surface area contributed by atoms with Crippen molar-refractivity contribution in [3.8, 4) is 22.3 Å². The normalized spacial score (nSPS) is 14.3. The number of fused-ring (bicyclic) bond motifs is 1. The largest absolute Gasteiger partial charge is 0.0776 e. The minimum absolute atomic E-state index is 0.132. The smallest absolute Gasteiger partial charge is 0.0656 e. The van der Waals surface area contributed by atoms with Gasteiger partial charge in [-0.3, -0.25) is 0 Å². The van der Waals surface area contributed by atoms with Gasteiger partial charge in [-0.1, -0.05) is 143 Å². The summed E-state index contributed by atoms with van der Waals surface area (Å²) in [6, 6.07) is 23.1. The van der Waals surface area contributed by atoms with E-state index < -0.39 is 16.1 Å². The van der Waals surface area contributed by atoms with Gasteiger partial charge in [0.25, 0.3) is 0 Å². The van der Waals surface area contributed by atoms with Crippen LogP contribution in [0.4, 0.5) is 0 Å². The van der Waals surface area contributed by atoms with Crippen molar-refractivity contribution in [2.24, 2.45) is 5.41 Å². The van der Waals surface area contributed by atoms with Crippen molar-refractivity contribution >= 4 is 32.6 Å².